The van der Waals surface area contributed by atoms with Gasteiger partial charge in [-0.15, -0.1) is 11.6 Å². The van der Waals surface area contributed by atoms with E-state index in [1.165, 1.54) is 6.92 Å². The first kappa shape index (κ1) is 11.0. The van der Waals surface area contributed by atoms with E-state index in [1.54, 1.807) is 0 Å². The van der Waals surface area contributed by atoms with E-state index < -0.39 is 11.9 Å². The first-order chi connectivity index (χ1) is 5.57. The summed E-state index contributed by atoms with van der Waals surface area (Å²) < 4.78 is 4.55. The zero-order chi connectivity index (χ0) is 9.56. The summed E-state index contributed by atoms with van der Waals surface area (Å²) in [7, 11) is 0. The van der Waals surface area contributed by atoms with E-state index in [0.717, 1.165) is 6.08 Å². The maximum absolute atomic E-state index is 10.8. The van der Waals surface area contributed by atoms with Gasteiger partial charge < -0.3 is 9.84 Å². The van der Waals surface area contributed by atoms with Crippen LogP contribution in [0.5, 0.6) is 0 Å². The van der Waals surface area contributed by atoms with Crippen LogP contribution in [0.25, 0.3) is 0 Å². The number of aliphatic carboxylic acids is 1. The van der Waals surface area contributed by atoms with E-state index in [9.17, 15) is 9.59 Å². The maximum Gasteiger partial charge on any atom is 0.334 e. The van der Waals surface area contributed by atoms with Gasteiger partial charge in [-0.25, -0.2) is 9.59 Å². The summed E-state index contributed by atoms with van der Waals surface area (Å²) in [5.41, 5.74) is 0.0487. The molecular weight excluding hydrogens is 184 g/mol. The summed E-state index contributed by atoms with van der Waals surface area (Å²) in [5, 5.41) is 8.25. The smallest absolute Gasteiger partial charge is 0.334 e. The van der Waals surface area contributed by atoms with Crippen molar-refractivity contribution in [2.45, 2.75) is 6.92 Å². The molecule has 0 bridgehead atoms. The molecule has 0 aromatic rings. The Labute approximate surface area is 74.8 Å². The number of esters is 1. The summed E-state index contributed by atoms with van der Waals surface area (Å²) in [6.07, 6.45) is 0.788. The highest BCUT2D eigenvalue weighted by Crippen LogP contribution is 1.96. The molecule has 0 heterocycles. The van der Waals surface area contributed by atoms with Crippen LogP contribution in [0.15, 0.2) is 11.6 Å². The molecule has 0 unspecified atom stereocenters. The van der Waals surface area contributed by atoms with Crippen molar-refractivity contribution in [1.29, 1.82) is 0 Å². The fraction of sp³-hybridized carbons (Fsp3) is 0.429. The maximum atomic E-state index is 10.8. The van der Waals surface area contributed by atoms with E-state index in [0.29, 0.717) is 0 Å². The van der Waals surface area contributed by atoms with Crippen LogP contribution in [-0.2, 0) is 14.3 Å². The van der Waals surface area contributed by atoms with Crippen LogP contribution in [0.1, 0.15) is 6.92 Å². The second-order valence-electron chi connectivity index (χ2n) is 1.99. The number of rotatable bonds is 4. The van der Waals surface area contributed by atoms with Gasteiger partial charge in [0, 0.05) is 11.6 Å². The quantitative estimate of drug-likeness (QED) is 0.407. The first-order valence-electron chi connectivity index (χ1n) is 3.22. The Bertz CT molecular complexity index is 209. The van der Waals surface area contributed by atoms with Gasteiger partial charge in [0.05, 0.1) is 5.88 Å². The van der Waals surface area contributed by atoms with Gasteiger partial charge >= 0.3 is 11.9 Å². The van der Waals surface area contributed by atoms with Gasteiger partial charge in [-0.1, -0.05) is 0 Å². The first-order valence-corrected chi connectivity index (χ1v) is 3.75. The third kappa shape index (κ3) is 4.73. The Kier molecular flexibility index (Phi) is 5.12. The van der Waals surface area contributed by atoms with Crippen molar-refractivity contribution in [1.82, 2.24) is 0 Å². The molecule has 0 aliphatic carbocycles. The minimum atomic E-state index is -1.17. The second-order valence-corrected chi connectivity index (χ2v) is 2.37. The molecule has 4 nitrogen and oxygen atoms in total. The lowest BCUT2D eigenvalue weighted by Crippen LogP contribution is -2.09. The van der Waals surface area contributed by atoms with Crippen LogP contribution in [-0.4, -0.2) is 29.5 Å². The lowest BCUT2D eigenvalue weighted by molar-refractivity contribution is -0.139. The number of ether oxygens (including phenoxy) is 1. The topological polar surface area (TPSA) is 63.6 Å². The Balaban J connectivity index is 4.01. The Hall–Kier alpha value is -1.03. The van der Waals surface area contributed by atoms with Crippen molar-refractivity contribution in [2.24, 2.45) is 0 Å². The number of alkyl halides is 1. The Morgan fingerprint density at radius 3 is 2.58 bits per heavy atom. The molecule has 0 aromatic carbocycles. The molecule has 12 heavy (non-hydrogen) atoms. The van der Waals surface area contributed by atoms with Gasteiger partial charge in [0.15, 0.2) is 0 Å². The lowest BCUT2D eigenvalue weighted by Gasteiger charge is -2.00. The summed E-state index contributed by atoms with van der Waals surface area (Å²) in [5.74, 6) is -1.63. The van der Waals surface area contributed by atoms with Gasteiger partial charge in [0.25, 0.3) is 0 Å². The molecule has 0 radical (unpaired) electrons. The molecule has 1 N–H and O–H groups in total. The Morgan fingerprint density at radius 2 is 2.17 bits per heavy atom. The van der Waals surface area contributed by atoms with E-state index >= 15 is 0 Å². The monoisotopic (exact) mass is 192 g/mol. The minimum absolute atomic E-state index is 0.0487. The minimum Gasteiger partial charge on any atom is -0.478 e. The number of halogens is 1. The van der Waals surface area contributed by atoms with E-state index in [-0.39, 0.29) is 18.1 Å². The van der Waals surface area contributed by atoms with Crippen molar-refractivity contribution in [3.8, 4) is 0 Å². The number of carbonyl (C=O) groups is 2. The summed E-state index contributed by atoms with van der Waals surface area (Å²) in [4.78, 5) is 20.9. The predicted octanol–water partition coefficient (Wildman–Crippen LogP) is 0.799. The fourth-order valence-corrected chi connectivity index (χ4v) is 0.566. The Morgan fingerprint density at radius 1 is 1.58 bits per heavy atom. The van der Waals surface area contributed by atoms with E-state index in [1.807, 2.05) is 0 Å². The largest absolute Gasteiger partial charge is 0.478 e. The molecule has 68 valence electrons. The highest BCUT2D eigenvalue weighted by molar-refractivity contribution is 6.18. The zero-order valence-electron chi connectivity index (χ0n) is 6.54. The molecule has 0 aliphatic heterocycles. The normalized spacial score (nSPS) is 11.0. The standard InChI is InChI=1S/C7H9ClO4/c1-5(4-6(9)10)7(11)12-3-2-8/h4H,2-3H2,1H3,(H,9,10). The highest BCUT2D eigenvalue weighted by Gasteiger charge is 2.06. The molecule has 5 heteroatoms. The molecule has 0 atom stereocenters. The average molecular weight is 193 g/mol. The van der Waals surface area contributed by atoms with Crippen LogP contribution < -0.4 is 0 Å². The zero-order valence-corrected chi connectivity index (χ0v) is 7.30. The van der Waals surface area contributed by atoms with Crippen molar-refractivity contribution in [2.75, 3.05) is 12.5 Å². The summed E-state index contributed by atoms with van der Waals surface area (Å²) in [6, 6.07) is 0. The average Bonchev–Trinajstić information content (AvgIpc) is 1.98. The number of carboxylic acids is 1. The van der Waals surface area contributed by atoms with Crippen LogP contribution in [0, 0.1) is 0 Å². The number of carbonyl (C=O) groups excluding carboxylic acids is 1. The lowest BCUT2D eigenvalue weighted by atomic mass is 10.3. The number of carboxylic acid groups (broad SMARTS) is 1. The molecule has 0 aromatic heterocycles. The van der Waals surface area contributed by atoms with Crippen molar-refractivity contribution < 1.29 is 19.4 Å². The van der Waals surface area contributed by atoms with Crippen LogP contribution in [0.3, 0.4) is 0 Å². The van der Waals surface area contributed by atoms with Crippen LogP contribution >= 0.6 is 11.6 Å². The summed E-state index contributed by atoms with van der Waals surface area (Å²) in [6.45, 7) is 1.45. The van der Waals surface area contributed by atoms with E-state index in [4.69, 9.17) is 16.7 Å². The van der Waals surface area contributed by atoms with Crippen molar-refractivity contribution in [3.63, 3.8) is 0 Å². The number of hydrogen-bond donors (Lipinski definition) is 1. The molecular formula is C7H9ClO4. The van der Waals surface area contributed by atoms with Crippen LogP contribution in [0.2, 0.25) is 0 Å². The fourth-order valence-electron chi connectivity index (χ4n) is 0.489. The second kappa shape index (κ2) is 5.60. The molecule has 0 amide bonds. The number of hydrogen-bond acceptors (Lipinski definition) is 3. The van der Waals surface area contributed by atoms with E-state index in [2.05, 4.69) is 4.74 Å². The third-order valence-corrected chi connectivity index (χ3v) is 1.13. The molecule has 0 saturated heterocycles. The van der Waals surface area contributed by atoms with Gasteiger partial charge in [-0.3, -0.25) is 0 Å². The van der Waals surface area contributed by atoms with Gasteiger partial charge in [0.1, 0.15) is 6.61 Å². The van der Waals surface area contributed by atoms with Gasteiger partial charge in [-0.2, -0.15) is 0 Å². The van der Waals surface area contributed by atoms with Gasteiger partial charge in [-0.05, 0) is 6.92 Å². The molecule has 0 aliphatic rings. The molecule has 0 saturated carbocycles. The third-order valence-electron chi connectivity index (χ3n) is 0.972. The van der Waals surface area contributed by atoms with Crippen LogP contribution in [0.4, 0.5) is 0 Å². The molecule has 0 fully saturated rings. The predicted molar refractivity (Wildman–Crippen MR) is 43.1 cm³/mol. The van der Waals surface area contributed by atoms with Gasteiger partial charge in [0.2, 0.25) is 0 Å². The summed E-state index contributed by atoms with van der Waals surface area (Å²) >= 11 is 5.24. The highest BCUT2D eigenvalue weighted by atomic mass is 35.5. The SMILES string of the molecule is CC(=CC(=O)O)C(=O)OCCCl. The van der Waals surface area contributed by atoms with Crippen molar-refractivity contribution in [3.05, 3.63) is 11.6 Å². The molecule has 0 rings (SSSR count). The molecule has 0 spiro atoms. The van der Waals surface area contributed by atoms with Crippen molar-refractivity contribution >= 4 is 23.5 Å².